The molecule has 11 heavy (non-hydrogen) atoms. The zero-order valence-electron chi connectivity index (χ0n) is 8.44. The van der Waals surface area contributed by atoms with Crippen LogP contribution in [-0.4, -0.2) is 12.1 Å². The summed E-state index contributed by atoms with van der Waals surface area (Å²) >= 11 is 0. The van der Waals surface area contributed by atoms with Gasteiger partial charge in [-0.15, -0.1) is 0 Å². The van der Waals surface area contributed by atoms with Gasteiger partial charge in [0.2, 0.25) is 0 Å². The second kappa shape index (κ2) is 4.55. The van der Waals surface area contributed by atoms with E-state index in [4.69, 9.17) is 0 Å². The van der Waals surface area contributed by atoms with Gasteiger partial charge in [-0.2, -0.15) is 0 Å². The van der Waals surface area contributed by atoms with Crippen molar-refractivity contribution in [3.8, 4) is 0 Å². The fourth-order valence-electron chi connectivity index (χ4n) is 0.729. The standard InChI is InChI=1S/C10H21N/c1-7(2)9(5)11-10(6)8(3)4/h8-11H,1H2,2-6H3. The SMILES string of the molecule is C=C(C)C(C)NC(C)C(C)C. The number of hydrogen-bond acceptors (Lipinski definition) is 1. The molecule has 0 aliphatic rings. The Morgan fingerprint density at radius 1 is 1.18 bits per heavy atom. The van der Waals surface area contributed by atoms with Crippen molar-refractivity contribution in [2.24, 2.45) is 5.92 Å². The Morgan fingerprint density at radius 3 is 1.91 bits per heavy atom. The molecule has 1 heteroatoms. The fourth-order valence-corrected chi connectivity index (χ4v) is 0.729. The van der Waals surface area contributed by atoms with Crippen molar-refractivity contribution in [1.29, 1.82) is 0 Å². The minimum absolute atomic E-state index is 0.437. The molecule has 0 radical (unpaired) electrons. The van der Waals surface area contributed by atoms with E-state index in [0.717, 1.165) is 0 Å². The smallest absolute Gasteiger partial charge is 0.0248 e. The first-order valence-electron chi connectivity index (χ1n) is 4.36. The molecule has 1 nitrogen and oxygen atoms in total. The van der Waals surface area contributed by atoms with E-state index in [1.807, 2.05) is 0 Å². The van der Waals surface area contributed by atoms with E-state index >= 15 is 0 Å². The normalized spacial score (nSPS) is 16.5. The Hall–Kier alpha value is -0.300. The third-order valence-electron chi connectivity index (χ3n) is 2.25. The van der Waals surface area contributed by atoms with Crippen LogP contribution in [0.1, 0.15) is 34.6 Å². The molecular weight excluding hydrogens is 134 g/mol. The summed E-state index contributed by atoms with van der Waals surface area (Å²) in [5.74, 6) is 0.691. The zero-order chi connectivity index (χ0) is 9.02. The molecule has 2 atom stereocenters. The van der Waals surface area contributed by atoms with Crippen LogP contribution in [0.5, 0.6) is 0 Å². The Balaban J connectivity index is 3.75. The lowest BCUT2D eigenvalue weighted by Gasteiger charge is -2.22. The Kier molecular flexibility index (Phi) is 4.43. The summed E-state index contributed by atoms with van der Waals surface area (Å²) in [5.41, 5.74) is 1.21. The number of hydrogen-bond donors (Lipinski definition) is 1. The van der Waals surface area contributed by atoms with E-state index in [9.17, 15) is 0 Å². The molecule has 0 spiro atoms. The second-order valence-corrected chi connectivity index (χ2v) is 3.77. The highest BCUT2D eigenvalue weighted by molar-refractivity contribution is 4.99. The van der Waals surface area contributed by atoms with Gasteiger partial charge in [0.15, 0.2) is 0 Å². The predicted molar refractivity (Wildman–Crippen MR) is 51.7 cm³/mol. The van der Waals surface area contributed by atoms with Crippen LogP contribution in [0.3, 0.4) is 0 Å². The fraction of sp³-hybridized carbons (Fsp3) is 0.800. The summed E-state index contributed by atoms with van der Waals surface area (Å²) in [6, 6.07) is 1.01. The van der Waals surface area contributed by atoms with Crippen molar-refractivity contribution in [2.75, 3.05) is 0 Å². The van der Waals surface area contributed by atoms with Crippen LogP contribution < -0.4 is 5.32 Å². The molecule has 0 fully saturated rings. The molecule has 1 N–H and O–H groups in total. The van der Waals surface area contributed by atoms with Crippen molar-refractivity contribution in [3.05, 3.63) is 12.2 Å². The molecule has 2 unspecified atom stereocenters. The molecule has 0 rings (SSSR count). The average molecular weight is 155 g/mol. The monoisotopic (exact) mass is 155 g/mol. The summed E-state index contributed by atoms with van der Waals surface area (Å²) in [6.07, 6.45) is 0. The van der Waals surface area contributed by atoms with Crippen molar-refractivity contribution in [2.45, 2.75) is 46.7 Å². The summed E-state index contributed by atoms with van der Waals surface area (Å²) in [6.45, 7) is 14.8. The first kappa shape index (κ1) is 10.7. The molecule has 0 aliphatic heterocycles. The summed E-state index contributed by atoms with van der Waals surface area (Å²) < 4.78 is 0. The second-order valence-electron chi connectivity index (χ2n) is 3.77. The minimum Gasteiger partial charge on any atom is -0.308 e. The third kappa shape index (κ3) is 4.20. The molecule has 0 bridgehead atoms. The highest BCUT2D eigenvalue weighted by Crippen LogP contribution is 2.04. The summed E-state index contributed by atoms with van der Waals surface area (Å²) in [4.78, 5) is 0. The Labute approximate surface area is 70.9 Å². The number of rotatable bonds is 4. The lowest BCUT2D eigenvalue weighted by atomic mass is 10.0. The lowest BCUT2D eigenvalue weighted by Crippen LogP contribution is -2.38. The van der Waals surface area contributed by atoms with Gasteiger partial charge >= 0.3 is 0 Å². The van der Waals surface area contributed by atoms with Crippen molar-refractivity contribution in [1.82, 2.24) is 5.32 Å². The van der Waals surface area contributed by atoms with Gasteiger partial charge in [0.25, 0.3) is 0 Å². The molecule has 0 aromatic heterocycles. The van der Waals surface area contributed by atoms with E-state index in [1.54, 1.807) is 0 Å². The van der Waals surface area contributed by atoms with E-state index in [1.165, 1.54) is 5.57 Å². The molecule has 66 valence electrons. The van der Waals surface area contributed by atoms with Crippen LogP contribution in [-0.2, 0) is 0 Å². The maximum Gasteiger partial charge on any atom is 0.0248 e. The lowest BCUT2D eigenvalue weighted by molar-refractivity contribution is 0.403. The Bertz CT molecular complexity index is 127. The zero-order valence-corrected chi connectivity index (χ0v) is 8.44. The maximum absolute atomic E-state index is 3.90. The van der Waals surface area contributed by atoms with Crippen molar-refractivity contribution < 1.29 is 0 Å². The van der Waals surface area contributed by atoms with Crippen LogP contribution in [0.25, 0.3) is 0 Å². The molecule has 0 amide bonds. The number of nitrogens with one attached hydrogen (secondary N) is 1. The van der Waals surface area contributed by atoms with Crippen molar-refractivity contribution in [3.63, 3.8) is 0 Å². The van der Waals surface area contributed by atoms with Crippen LogP contribution in [0.2, 0.25) is 0 Å². The van der Waals surface area contributed by atoms with Gasteiger partial charge in [-0.3, -0.25) is 0 Å². The van der Waals surface area contributed by atoms with Gasteiger partial charge in [-0.25, -0.2) is 0 Å². The van der Waals surface area contributed by atoms with Gasteiger partial charge < -0.3 is 5.32 Å². The topological polar surface area (TPSA) is 12.0 Å². The Morgan fingerprint density at radius 2 is 1.64 bits per heavy atom. The largest absolute Gasteiger partial charge is 0.308 e. The van der Waals surface area contributed by atoms with Crippen LogP contribution in [0.4, 0.5) is 0 Å². The summed E-state index contributed by atoms with van der Waals surface area (Å²) in [5, 5.41) is 3.48. The van der Waals surface area contributed by atoms with Crippen LogP contribution in [0, 0.1) is 5.92 Å². The van der Waals surface area contributed by atoms with Gasteiger partial charge in [0.05, 0.1) is 0 Å². The first-order valence-corrected chi connectivity index (χ1v) is 4.36. The predicted octanol–water partition coefficient (Wildman–Crippen LogP) is 2.59. The van der Waals surface area contributed by atoms with Crippen LogP contribution >= 0.6 is 0 Å². The average Bonchev–Trinajstić information content (AvgIpc) is 1.87. The first-order chi connectivity index (χ1) is 4.95. The molecular formula is C10H21N. The minimum atomic E-state index is 0.437. The van der Waals surface area contributed by atoms with Crippen molar-refractivity contribution >= 4 is 0 Å². The molecule has 0 heterocycles. The highest BCUT2D eigenvalue weighted by atomic mass is 14.9. The molecule has 0 aromatic carbocycles. The van der Waals surface area contributed by atoms with E-state index < -0.39 is 0 Å². The van der Waals surface area contributed by atoms with Gasteiger partial charge in [-0.1, -0.05) is 26.0 Å². The molecule has 0 aliphatic carbocycles. The highest BCUT2D eigenvalue weighted by Gasteiger charge is 2.09. The van der Waals surface area contributed by atoms with Gasteiger partial charge in [0.1, 0.15) is 0 Å². The van der Waals surface area contributed by atoms with Gasteiger partial charge in [-0.05, 0) is 26.7 Å². The summed E-state index contributed by atoms with van der Waals surface area (Å²) in [7, 11) is 0. The quantitative estimate of drug-likeness (QED) is 0.615. The molecule has 0 aromatic rings. The van der Waals surface area contributed by atoms with E-state index in [2.05, 4.69) is 46.5 Å². The van der Waals surface area contributed by atoms with Crippen LogP contribution in [0.15, 0.2) is 12.2 Å². The molecule has 0 saturated carbocycles. The van der Waals surface area contributed by atoms with E-state index in [-0.39, 0.29) is 0 Å². The van der Waals surface area contributed by atoms with E-state index in [0.29, 0.717) is 18.0 Å². The van der Waals surface area contributed by atoms with Gasteiger partial charge in [0, 0.05) is 12.1 Å². The third-order valence-corrected chi connectivity index (χ3v) is 2.25. The molecule has 0 saturated heterocycles. The maximum atomic E-state index is 3.90.